The highest BCUT2D eigenvalue weighted by molar-refractivity contribution is 7.99. The minimum Gasteiger partial charge on any atom is -0.469 e. The molecule has 3 rings (SSSR count). The molecule has 0 spiro atoms. The Morgan fingerprint density at radius 2 is 1.67 bits per heavy atom. The molecule has 8 heteroatoms. The number of hydrogen-bond acceptors (Lipinski definition) is 6. The molecule has 160 valence electrons. The van der Waals surface area contributed by atoms with E-state index in [2.05, 4.69) is 19.7 Å². The van der Waals surface area contributed by atoms with Gasteiger partial charge in [0.15, 0.2) is 0 Å². The lowest BCUT2D eigenvalue weighted by Crippen LogP contribution is -2.01. The van der Waals surface area contributed by atoms with Crippen LogP contribution in [0.1, 0.15) is 23.5 Å². The molecule has 0 saturated heterocycles. The molecule has 0 fully saturated rings. The molecule has 0 atom stereocenters. The Morgan fingerprint density at radius 3 is 2.13 bits per heavy atom. The van der Waals surface area contributed by atoms with E-state index in [-0.39, 0.29) is 5.97 Å². The molecule has 0 radical (unpaired) electrons. The third-order valence-corrected chi connectivity index (χ3v) is 4.80. The molecule has 0 bridgehead atoms. The molecular formula is C22H26ClN3O2S2. The highest BCUT2D eigenvalue weighted by Gasteiger charge is 2.01. The molecule has 0 aromatic carbocycles. The Labute approximate surface area is 192 Å². The first kappa shape index (κ1) is 25.8. The van der Waals surface area contributed by atoms with E-state index in [9.17, 15) is 4.79 Å². The standard InChI is InChI=1S/C10H13NO2S.C6H6ClN.C6H7NS/c1-8-4-3-5-9(11-8)14-7-6-10(12)13-2;1-5-3-2-4-6(7)8-5;1-5-3-2-4-6(8)7-5/h3-5H,6-7H2,1-2H3;2-4H,1H3;2-4H,1H3,(H,7,8). The highest BCUT2D eigenvalue weighted by Crippen LogP contribution is 2.16. The van der Waals surface area contributed by atoms with Gasteiger partial charge in [0.25, 0.3) is 0 Å². The van der Waals surface area contributed by atoms with Gasteiger partial charge < -0.3 is 9.72 Å². The largest absolute Gasteiger partial charge is 0.469 e. The van der Waals surface area contributed by atoms with Gasteiger partial charge in [-0.1, -0.05) is 42.0 Å². The molecule has 0 aliphatic rings. The molecule has 3 aromatic heterocycles. The maximum atomic E-state index is 10.8. The van der Waals surface area contributed by atoms with Crippen molar-refractivity contribution in [2.45, 2.75) is 32.2 Å². The van der Waals surface area contributed by atoms with Gasteiger partial charge in [0.05, 0.1) is 18.6 Å². The van der Waals surface area contributed by atoms with Crippen molar-refractivity contribution in [3.05, 3.63) is 81.5 Å². The Bertz CT molecular complexity index is 963. The van der Waals surface area contributed by atoms with Crippen molar-refractivity contribution in [1.82, 2.24) is 15.0 Å². The van der Waals surface area contributed by atoms with Crippen molar-refractivity contribution < 1.29 is 9.53 Å². The van der Waals surface area contributed by atoms with Crippen molar-refractivity contribution in [2.75, 3.05) is 12.9 Å². The first-order valence-electron chi connectivity index (χ1n) is 9.18. The normalized spacial score (nSPS) is 9.50. The molecule has 0 aliphatic carbocycles. The summed E-state index contributed by atoms with van der Waals surface area (Å²) in [6, 6.07) is 17.2. The lowest BCUT2D eigenvalue weighted by molar-refractivity contribution is -0.140. The maximum Gasteiger partial charge on any atom is 0.306 e. The predicted molar refractivity (Wildman–Crippen MR) is 127 cm³/mol. The fraction of sp³-hybridized carbons (Fsp3) is 0.273. The number of carbonyl (C=O) groups excluding carboxylic acids is 1. The van der Waals surface area contributed by atoms with Gasteiger partial charge in [0, 0.05) is 22.8 Å². The van der Waals surface area contributed by atoms with E-state index >= 15 is 0 Å². The predicted octanol–water partition coefficient (Wildman–Crippen LogP) is 6.14. The smallest absolute Gasteiger partial charge is 0.306 e. The Kier molecular flexibility index (Phi) is 12.7. The maximum absolute atomic E-state index is 10.8. The summed E-state index contributed by atoms with van der Waals surface area (Å²) >= 11 is 11.9. The van der Waals surface area contributed by atoms with Gasteiger partial charge in [-0.2, -0.15) is 0 Å². The molecule has 30 heavy (non-hydrogen) atoms. The summed E-state index contributed by atoms with van der Waals surface area (Å²) in [5.41, 5.74) is 3.06. The van der Waals surface area contributed by atoms with Crippen molar-refractivity contribution in [1.29, 1.82) is 0 Å². The van der Waals surface area contributed by atoms with E-state index in [1.807, 2.05) is 69.3 Å². The minimum absolute atomic E-state index is 0.176. The molecule has 0 aliphatic heterocycles. The Balaban J connectivity index is 0.000000240. The SMILES string of the molecule is COC(=O)CCSc1cccc(C)n1.Cc1cccc(=S)[nH]1.Cc1cccc(Cl)n1. The zero-order valence-electron chi connectivity index (χ0n) is 17.5. The van der Waals surface area contributed by atoms with Crippen LogP contribution >= 0.6 is 35.6 Å². The lowest BCUT2D eigenvalue weighted by Gasteiger charge is -2.00. The number of rotatable bonds is 4. The van der Waals surface area contributed by atoms with E-state index in [1.165, 1.54) is 7.11 Å². The molecule has 0 saturated carbocycles. The molecular weight excluding hydrogens is 438 g/mol. The zero-order chi connectivity index (χ0) is 22.4. The van der Waals surface area contributed by atoms with Gasteiger partial charge in [0.2, 0.25) is 0 Å². The number of pyridine rings is 3. The number of aryl methyl sites for hydroxylation is 3. The van der Waals surface area contributed by atoms with Crippen LogP contribution < -0.4 is 0 Å². The highest BCUT2D eigenvalue weighted by atomic mass is 35.5. The number of halogens is 1. The van der Waals surface area contributed by atoms with E-state index < -0.39 is 0 Å². The number of hydrogen-bond donors (Lipinski definition) is 1. The van der Waals surface area contributed by atoms with Gasteiger partial charge in [-0.15, -0.1) is 11.8 Å². The fourth-order valence-electron chi connectivity index (χ4n) is 2.01. The van der Waals surface area contributed by atoms with Crippen molar-refractivity contribution >= 4 is 41.6 Å². The quantitative estimate of drug-likeness (QED) is 0.217. The molecule has 0 unspecified atom stereocenters. The van der Waals surface area contributed by atoms with Crippen LogP contribution in [0.3, 0.4) is 0 Å². The number of carbonyl (C=O) groups is 1. The topological polar surface area (TPSA) is 67.9 Å². The van der Waals surface area contributed by atoms with Gasteiger partial charge in [0.1, 0.15) is 9.79 Å². The first-order chi connectivity index (χ1) is 14.3. The summed E-state index contributed by atoms with van der Waals surface area (Å²) in [6.07, 6.45) is 0.427. The van der Waals surface area contributed by atoms with Crippen molar-refractivity contribution in [2.24, 2.45) is 0 Å². The first-order valence-corrected chi connectivity index (χ1v) is 11.0. The van der Waals surface area contributed by atoms with E-state index in [4.69, 9.17) is 23.8 Å². The van der Waals surface area contributed by atoms with Gasteiger partial charge in [-0.25, -0.2) is 9.97 Å². The van der Waals surface area contributed by atoms with Crippen LogP contribution in [-0.2, 0) is 9.53 Å². The molecule has 5 nitrogen and oxygen atoms in total. The number of H-pyrrole nitrogens is 1. The number of nitrogens with zero attached hydrogens (tertiary/aromatic N) is 2. The lowest BCUT2D eigenvalue weighted by atomic mass is 10.4. The number of thioether (sulfide) groups is 1. The second-order valence-electron chi connectivity index (χ2n) is 6.09. The zero-order valence-corrected chi connectivity index (χ0v) is 19.9. The summed E-state index contributed by atoms with van der Waals surface area (Å²) in [6.45, 7) is 5.84. The average Bonchev–Trinajstić information content (AvgIpc) is 2.68. The minimum atomic E-state index is -0.176. The van der Waals surface area contributed by atoms with Gasteiger partial charge in [-0.05, 0) is 57.2 Å². The van der Waals surface area contributed by atoms with Crippen LogP contribution in [0.25, 0.3) is 0 Å². The van der Waals surface area contributed by atoms with E-state index in [0.717, 1.165) is 26.7 Å². The Hall–Kier alpha value is -2.22. The van der Waals surface area contributed by atoms with E-state index in [0.29, 0.717) is 17.3 Å². The monoisotopic (exact) mass is 463 g/mol. The van der Waals surface area contributed by atoms with Crippen LogP contribution in [0.5, 0.6) is 0 Å². The van der Waals surface area contributed by atoms with Gasteiger partial charge >= 0.3 is 5.97 Å². The van der Waals surface area contributed by atoms with Crippen LogP contribution in [0, 0.1) is 25.4 Å². The van der Waals surface area contributed by atoms with Crippen LogP contribution in [0.15, 0.2) is 59.6 Å². The second kappa shape index (κ2) is 14.7. The summed E-state index contributed by atoms with van der Waals surface area (Å²) < 4.78 is 5.34. The van der Waals surface area contributed by atoms with Crippen molar-refractivity contribution in [3.63, 3.8) is 0 Å². The molecule has 3 heterocycles. The van der Waals surface area contributed by atoms with Gasteiger partial charge in [-0.3, -0.25) is 4.79 Å². The third-order valence-electron chi connectivity index (χ3n) is 3.42. The average molecular weight is 464 g/mol. The summed E-state index contributed by atoms with van der Waals surface area (Å²) in [7, 11) is 1.40. The Morgan fingerprint density at radius 1 is 1.03 bits per heavy atom. The number of aromatic amines is 1. The van der Waals surface area contributed by atoms with Crippen molar-refractivity contribution in [3.8, 4) is 0 Å². The van der Waals surface area contributed by atoms with E-state index in [1.54, 1.807) is 17.8 Å². The number of nitrogens with one attached hydrogen (secondary N) is 1. The number of esters is 1. The van der Waals surface area contributed by atoms with Crippen LogP contribution in [0.2, 0.25) is 5.15 Å². The second-order valence-corrected chi connectivity index (χ2v) is 8.03. The summed E-state index contributed by atoms with van der Waals surface area (Å²) in [5.74, 6) is 0.536. The number of ether oxygens (including phenoxy) is 1. The third kappa shape index (κ3) is 12.4. The number of methoxy groups -OCH3 is 1. The molecule has 1 N–H and O–H groups in total. The summed E-state index contributed by atoms with van der Waals surface area (Å²) in [4.78, 5) is 22.0. The molecule has 0 amide bonds. The fourth-order valence-corrected chi connectivity index (χ4v) is 3.31. The van der Waals surface area contributed by atoms with Crippen LogP contribution in [-0.4, -0.2) is 33.8 Å². The molecule has 3 aromatic rings. The summed E-state index contributed by atoms with van der Waals surface area (Å²) in [5, 5.41) is 1.51. The number of aromatic nitrogens is 3. The van der Waals surface area contributed by atoms with Crippen LogP contribution in [0.4, 0.5) is 0 Å².